The van der Waals surface area contributed by atoms with Crippen molar-refractivity contribution in [3.8, 4) is 0 Å². The first-order valence-electron chi connectivity index (χ1n) is 10.2. The Hall–Kier alpha value is -1.26. The molecule has 4 saturated heterocycles. The Labute approximate surface area is 167 Å². The molecule has 9 nitrogen and oxygen atoms in total. The summed E-state index contributed by atoms with van der Waals surface area (Å²) in [6, 6.07) is 0. The molecule has 11 unspecified atom stereocenters. The van der Waals surface area contributed by atoms with Crippen LogP contribution >= 0.6 is 0 Å². The highest BCUT2D eigenvalue weighted by Crippen LogP contribution is 2.80. The standard InChI is InChI=1S/C20H26O9/c1-7(21)18(24)6-19(28-15(18)23)12-13(27-12)20-9-8(16(2,3)29-20)10(26-14(9)22)11(25-5)17(19,20)4/h7-13,21,24H,6H2,1-5H3. The fourth-order valence-electron chi connectivity index (χ4n) is 7.74. The maximum absolute atomic E-state index is 13.0. The number of methoxy groups -OCH3 is 1. The zero-order valence-corrected chi connectivity index (χ0v) is 17.0. The van der Waals surface area contributed by atoms with E-state index in [9.17, 15) is 19.8 Å². The second kappa shape index (κ2) is 4.65. The maximum atomic E-state index is 13.0. The van der Waals surface area contributed by atoms with Crippen molar-refractivity contribution in [2.75, 3.05) is 7.11 Å². The number of epoxide rings is 1. The third-order valence-corrected chi connectivity index (χ3v) is 8.95. The van der Waals surface area contributed by atoms with Gasteiger partial charge in [-0.05, 0) is 20.8 Å². The number of carbonyl (C=O) groups excluding carboxylic acids is 2. The zero-order chi connectivity index (χ0) is 20.9. The lowest BCUT2D eigenvalue weighted by atomic mass is 9.51. The van der Waals surface area contributed by atoms with E-state index < -0.39 is 70.2 Å². The van der Waals surface area contributed by atoms with E-state index in [1.54, 1.807) is 7.11 Å². The third kappa shape index (κ3) is 1.52. The fourth-order valence-corrected chi connectivity index (χ4v) is 7.74. The van der Waals surface area contributed by atoms with Crippen molar-refractivity contribution in [2.45, 2.75) is 87.0 Å². The molecule has 9 heteroatoms. The third-order valence-electron chi connectivity index (χ3n) is 8.95. The van der Waals surface area contributed by atoms with Gasteiger partial charge < -0.3 is 33.9 Å². The molecule has 4 bridgehead atoms. The molecule has 29 heavy (non-hydrogen) atoms. The van der Waals surface area contributed by atoms with Crippen molar-refractivity contribution in [1.82, 2.24) is 0 Å². The van der Waals surface area contributed by atoms with E-state index in [0.29, 0.717) is 0 Å². The lowest BCUT2D eigenvalue weighted by molar-refractivity contribution is -0.264. The van der Waals surface area contributed by atoms with Gasteiger partial charge in [-0.15, -0.1) is 0 Å². The molecule has 6 aliphatic rings. The molecule has 2 spiro atoms. The van der Waals surface area contributed by atoms with Crippen LogP contribution in [0.3, 0.4) is 0 Å². The number of aliphatic hydroxyl groups is 2. The zero-order valence-electron chi connectivity index (χ0n) is 17.0. The van der Waals surface area contributed by atoms with Gasteiger partial charge in [0.2, 0.25) is 0 Å². The molecular formula is C20H26O9. The minimum Gasteiger partial charge on any atom is -0.459 e. The van der Waals surface area contributed by atoms with E-state index >= 15 is 0 Å². The highest BCUT2D eigenvalue weighted by atomic mass is 16.7. The van der Waals surface area contributed by atoms with Crippen LogP contribution in [0.15, 0.2) is 0 Å². The van der Waals surface area contributed by atoms with Crippen molar-refractivity contribution in [3.05, 3.63) is 0 Å². The Balaban J connectivity index is 1.61. The SMILES string of the molecule is COC1C2OC(=O)C3C2C(C)(C)OC32C3OC3C3(CC(O)(C(C)O)C(=O)O3)C12C. The molecule has 2 saturated carbocycles. The molecule has 4 aliphatic heterocycles. The summed E-state index contributed by atoms with van der Waals surface area (Å²) in [6.45, 7) is 7.11. The van der Waals surface area contributed by atoms with Crippen molar-refractivity contribution < 1.29 is 43.5 Å². The average molecular weight is 410 g/mol. The van der Waals surface area contributed by atoms with Crippen molar-refractivity contribution in [3.63, 3.8) is 0 Å². The lowest BCUT2D eigenvalue weighted by Crippen LogP contribution is -2.71. The molecule has 6 rings (SSSR count). The van der Waals surface area contributed by atoms with E-state index in [1.807, 2.05) is 20.8 Å². The fraction of sp³-hybridized carbons (Fsp3) is 0.900. The summed E-state index contributed by atoms with van der Waals surface area (Å²) in [6.07, 6.45) is -3.74. The predicted molar refractivity (Wildman–Crippen MR) is 92.4 cm³/mol. The van der Waals surface area contributed by atoms with Gasteiger partial charge in [-0.2, -0.15) is 0 Å². The second-order valence-corrected chi connectivity index (χ2v) is 10.3. The summed E-state index contributed by atoms with van der Waals surface area (Å²) < 4.78 is 30.3. The molecule has 0 amide bonds. The molecule has 2 N–H and O–H groups in total. The molecule has 0 aromatic carbocycles. The number of carbonyl (C=O) groups is 2. The van der Waals surface area contributed by atoms with Gasteiger partial charge in [-0.3, -0.25) is 4.79 Å². The van der Waals surface area contributed by atoms with E-state index in [-0.39, 0.29) is 18.3 Å². The van der Waals surface area contributed by atoms with Gasteiger partial charge in [0.25, 0.3) is 0 Å². The summed E-state index contributed by atoms with van der Waals surface area (Å²) in [7, 11) is 1.54. The number of esters is 2. The molecule has 0 aromatic heterocycles. The molecule has 0 aromatic rings. The topological polar surface area (TPSA) is 124 Å². The normalized spacial score (nSPS) is 61.3. The van der Waals surface area contributed by atoms with Crippen molar-refractivity contribution >= 4 is 11.9 Å². The number of hydrogen-bond donors (Lipinski definition) is 2. The van der Waals surface area contributed by atoms with Crippen LogP contribution in [0.2, 0.25) is 0 Å². The summed E-state index contributed by atoms with van der Waals surface area (Å²) in [5.74, 6) is -2.04. The molecule has 6 fully saturated rings. The minimum atomic E-state index is -2.07. The summed E-state index contributed by atoms with van der Waals surface area (Å²) in [5, 5.41) is 21.1. The summed E-state index contributed by atoms with van der Waals surface area (Å²) >= 11 is 0. The van der Waals surface area contributed by atoms with E-state index in [4.69, 9.17) is 23.7 Å². The first-order chi connectivity index (χ1) is 13.4. The number of hydrogen-bond acceptors (Lipinski definition) is 9. The van der Waals surface area contributed by atoms with Crippen LogP contribution in [-0.4, -0.2) is 82.2 Å². The van der Waals surface area contributed by atoms with Gasteiger partial charge in [0.15, 0.2) is 11.2 Å². The number of aliphatic hydroxyl groups excluding tert-OH is 1. The molecule has 160 valence electrons. The molecule has 0 radical (unpaired) electrons. The maximum Gasteiger partial charge on any atom is 0.341 e. The average Bonchev–Trinajstić information content (AvgIpc) is 3.18. The van der Waals surface area contributed by atoms with Gasteiger partial charge >= 0.3 is 11.9 Å². The highest BCUT2D eigenvalue weighted by Gasteiger charge is 2.98. The van der Waals surface area contributed by atoms with Gasteiger partial charge in [-0.1, -0.05) is 6.92 Å². The van der Waals surface area contributed by atoms with Crippen LogP contribution < -0.4 is 0 Å². The van der Waals surface area contributed by atoms with Gasteiger partial charge in [0.05, 0.1) is 23.0 Å². The van der Waals surface area contributed by atoms with Crippen LogP contribution in [0.4, 0.5) is 0 Å². The van der Waals surface area contributed by atoms with Gasteiger partial charge in [0.1, 0.15) is 30.0 Å². The quantitative estimate of drug-likeness (QED) is 0.449. The Bertz CT molecular complexity index is 855. The minimum absolute atomic E-state index is 0.169. The molecule has 11 atom stereocenters. The smallest absolute Gasteiger partial charge is 0.341 e. The van der Waals surface area contributed by atoms with Gasteiger partial charge in [0, 0.05) is 19.4 Å². The molecule has 4 heterocycles. The first-order valence-corrected chi connectivity index (χ1v) is 10.2. The van der Waals surface area contributed by atoms with E-state index in [2.05, 4.69) is 0 Å². The Morgan fingerprint density at radius 3 is 2.48 bits per heavy atom. The lowest BCUT2D eigenvalue weighted by Gasteiger charge is -2.55. The molecule has 2 aliphatic carbocycles. The first kappa shape index (κ1) is 18.5. The highest BCUT2D eigenvalue weighted by molar-refractivity contribution is 5.85. The number of ether oxygens (including phenoxy) is 5. The van der Waals surface area contributed by atoms with Crippen LogP contribution in [0.5, 0.6) is 0 Å². The van der Waals surface area contributed by atoms with Crippen molar-refractivity contribution in [1.29, 1.82) is 0 Å². The van der Waals surface area contributed by atoms with Crippen LogP contribution in [0.25, 0.3) is 0 Å². The van der Waals surface area contributed by atoms with Gasteiger partial charge in [-0.25, -0.2) is 4.79 Å². The number of rotatable bonds is 2. The second-order valence-electron chi connectivity index (χ2n) is 10.3. The Kier molecular flexibility index (Phi) is 2.97. The molecular weight excluding hydrogens is 384 g/mol. The summed E-state index contributed by atoms with van der Waals surface area (Å²) in [5.41, 5.74) is -6.19. The largest absolute Gasteiger partial charge is 0.459 e. The van der Waals surface area contributed by atoms with Crippen LogP contribution in [0.1, 0.15) is 34.1 Å². The van der Waals surface area contributed by atoms with Crippen LogP contribution in [-0.2, 0) is 33.3 Å². The van der Waals surface area contributed by atoms with E-state index in [1.165, 1.54) is 6.92 Å². The van der Waals surface area contributed by atoms with E-state index in [0.717, 1.165) is 0 Å². The Morgan fingerprint density at radius 2 is 1.90 bits per heavy atom. The van der Waals surface area contributed by atoms with Crippen LogP contribution in [0, 0.1) is 17.3 Å². The number of fused-ring (bicyclic) bond motifs is 3. The monoisotopic (exact) mass is 410 g/mol. The summed E-state index contributed by atoms with van der Waals surface area (Å²) in [4.78, 5) is 25.8. The Morgan fingerprint density at radius 1 is 1.21 bits per heavy atom. The predicted octanol–water partition coefficient (Wildman–Crippen LogP) is -0.695. The van der Waals surface area contributed by atoms with Crippen molar-refractivity contribution in [2.24, 2.45) is 17.3 Å².